The lowest BCUT2D eigenvalue weighted by Gasteiger charge is -2.29. The number of carbonyl (C=O) groups is 7. The molecule has 0 aliphatic carbocycles. The standard InChI is InChI=1S/C30H54N12O10/c1-15(2)12-19(24(47)41-20(13-22(44)45)25(48)39-18(28(51)52)7-4-10-37-30(34)35)40-23(46)17(6-3-9-36-29(32)33)38-26(49)21-8-5-11-42(21)27(50)16(31)14-43/h15-21,43H,3-14,31H2,1-2H3,(H,38,49)(H,39,48)(H,40,46)(H,41,47)(H,44,45)(H,51,52)(H4,32,33,36)(H4,34,35,37)/t16-,17-,18-,19-,20-,21-/m0/s1. The van der Waals surface area contributed by atoms with Crippen molar-refractivity contribution in [3.63, 3.8) is 0 Å². The monoisotopic (exact) mass is 742 g/mol. The highest BCUT2D eigenvalue weighted by Crippen LogP contribution is 2.19. The third-order valence-electron chi connectivity index (χ3n) is 7.84. The Hall–Kier alpha value is -5.25. The number of nitrogens with zero attached hydrogens (tertiary/aromatic N) is 3. The topological polar surface area (TPSA) is 386 Å². The van der Waals surface area contributed by atoms with Crippen LogP contribution in [0.2, 0.25) is 0 Å². The molecule has 5 amide bonds. The highest BCUT2D eigenvalue weighted by Gasteiger charge is 2.38. The molecule has 0 radical (unpaired) electrons. The Morgan fingerprint density at radius 3 is 1.77 bits per heavy atom. The number of aliphatic hydroxyl groups excluding tert-OH is 1. The van der Waals surface area contributed by atoms with Gasteiger partial charge >= 0.3 is 11.9 Å². The fourth-order valence-corrected chi connectivity index (χ4v) is 5.30. The average Bonchev–Trinajstić information content (AvgIpc) is 3.55. The number of aliphatic hydroxyl groups is 1. The van der Waals surface area contributed by atoms with Gasteiger partial charge in [0.1, 0.15) is 36.3 Å². The first kappa shape index (κ1) is 44.8. The molecule has 1 rings (SSSR count). The van der Waals surface area contributed by atoms with Crippen LogP contribution in [0.5, 0.6) is 0 Å². The summed E-state index contributed by atoms with van der Waals surface area (Å²) < 4.78 is 0. The quantitative estimate of drug-likeness (QED) is 0.0265. The number of carboxylic acids is 2. The average molecular weight is 743 g/mol. The zero-order valence-electron chi connectivity index (χ0n) is 29.5. The van der Waals surface area contributed by atoms with Crippen LogP contribution in [0.15, 0.2) is 9.98 Å². The van der Waals surface area contributed by atoms with Gasteiger partial charge in [-0.05, 0) is 50.9 Å². The van der Waals surface area contributed by atoms with Crippen LogP contribution < -0.4 is 49.9 Å². The zero-order valence-corrected chi connectivity index (χ0v) is 29.5. The smallest absolute Gasteiger partial charge is 0.326 e. The molecule has 0 aromatic heterocycles. The molecule has 52 heavy (non-hydrogen) atoms. The van der Waals surface area contributed by atoms with E-state index < -0.39 is 90.8 Å². The molecule has 17 N–H and O–H groups in total. The predicted octanol–water partition coefficient (Wildman–Crippen LogP) is -5.05. The number of amides is 5. The number of guanidine groups is 2. The summed E-state index contributed by atoms with van der Waals surface area (Å²) in [5, 5.41) is 38.1. The van der Waals surface area contributed by atoms with Crippen LogP contribution in [0, 0.1) is 5.92 Å². The molecule has 0 aromatic rings. The molecule has 1 fully saturated rings. The Kier molecular flexibility index (Phi) is 19.4. The summed E-state index contributed by atoms with van der Waals surface area (Å²) in [6.45, 7) is 3.22. The SMILES string of the molecule is CC(C)C[C@H](NC(=O)[C@H](CCCN=C(N)N)NC(=O)[C@@H]1CCCN1C(=O)[C@@H](N)CO)C(=O)N[C@@H](CC(=O)O)C(=O)N[C@@H](CCCN=C(N)N)C(=O)O. The lowest BCUT2D eigenvalue weighted by molar-refractivity contribution is -0.144. The second-order valence-electron chi connectivity index (χ2n) is 12.7. The number of aliphatic carboxylic acids is 2. The number of carbonyl (C=O) groups excluding carboxylic acids is 5. The number of nitrogens with one attached hydrogen (secondary N) is 4. The first-order valence-corrected chi connectivity index (χ1v) is 16.8. The molecule has 0 bridgehead atoms. The van der Waals surface area contributed by atoms with E-state index in [1.54, 1.807) is 13.8 Å². The van der Waals surface area contributed by atoms with E-state index in [2.05, 4.69) is 31.3 Å². The van der Waals surface area contributed by atoms with Crippen molar-refractivity contribution in [2.45, 2.75) is 101 Å². The fraction of sp³-hybridized carbons (Fsp3) is 0.700. The van der Waals surface area contributed by atoms with Crippen LogP contribution in [-0.4, -0.2) is 136 Å². The maximum absolute atomic E-state index is 13.7. The Morgan fingerprint density at radius 1 is 0.769 bits per heavy atom. The van der Waals surface area contributed by atoms with Gasteiger partial charge in [-0.1, -0.05) is 13.8 Å². The summed E-state index contributed by atoms with van der Waals surface area (Å²) in [7, 11) is 0. The minimum absolute atomic E-state index is 0.00893. The van der Waals surface area contributed by atoms with E-state index in [0.717, 1.165) is 0 Å². The van der Waals surface area contributed by atoms with Crippen LogP contribution in [0.4, 0.5) is 0 Å². The van der Waals surface area contributed by atoms with Gasteiger partial charge < -0.3 is 70.2 Å². The Balaban J connectivity index is 3.23. The molecule has 1 aliphatic rings. The van der Waals surface area contributed by atoms with Crippen LogP contribution in [-0.2, 0) is 33.6 Å². The molecular formula is C30H54N12O10. The normalized spacial score (nSPS) is 16.7. The Morgan fingerprint density at radius 2 is 1.27 bits per heavy atom. The summed E-state index contributed by atoms with van der Waals surface area (Å²) in [4.78, 5) is 98.7. The first-order chi connectivity index (χ1) is 24.4. The molecule has 0 saturated carbocycles. The minimum Gasteiger partial charge on any atom is -0.481 e. The highest BCUT2D eigenvalue weighted by molar-refractivity contribution is 5.97. The third kappa shape index (κ3) is 16.2. The fourth-order valence-electron chi connectivity index (χ4n) is 5.30. The number of aliphatic imine (C=N–C) groups is 2. The molecule has 1 heterocycles. The minimum atomic E-state index is -1.73. The number of likely N-dealkylation sites (tertiary alicyclic amines) is 1. The maximum Gasteiger partial charge on any atom is 0.326 e. The first-order valence-electron chi connectivity index (χ1n) is 16.8. The van der Waals surface area contributed by atoms with Crippen molar-refractivity contribution in [2.24, 2.45) is 44.6 Å². The van der Waals surface area contributed by atoms with Gasteiger partial charge in [-0.3, -0.25) is 38.8 Å². The highest BCUT2D eigenvalue weighted by atomic mass is 16.4. The van der Waals surface area contributed by atoms with Gasteiger partial charge in [-0.2, -0.15) is 0 Å². The maximum atomic E-state index is 13.7. The zero-order chi connectivity index (χ0) is 39.5. The predicted molar refractivity (Wildman–Crippen MR) is 187 cm³/mol. The number of nitrogens with two attached hydrogens (primary N) is 5. The van der Waals surface area contributed by atoms with Crippen LogP contribution >= 0.6 is 0 Å². The molecule has 1 aliphatic heterocycles. The number of hydrogen-bond acceptors (Lipinski definition) is 11. The number of hydrogen-bond donors (Lipinski definition) is 12. The molecule has 0 aromatic carbocycles. The van der Waals surface area contributed by atoms with Crippen molar-refractivity contribution in [1.82, 2.24) is 26.2 Å². The molecule has 1 saturated heterocycles. The second-order valence-corrected chi connectivity index (χ2v) is 12.7. The van der Waals surface area contributed by atoms with Crippen molar-refractivity contribution in [3.8, 4) is 0 Å². The second kappa shape index (κ2) is 22.5. The molecule has 22 nitrogen and oxygen atoms in total. The molecular weight excluding hydrogens is 688 g/mol. The van der Waals surface area contributed by atoms with Gasteiger partial charge in [0.2, 0.25) is 29.5 Å². The Labute approximate surface area is 300 Å². The van der Waals surface area contributed by atoms with Gasteiger partial charge in [0.25, 0.3) is 0 Å². The molecule has 6 atom stereocenters. The van der Waals surface area contributed by atoms with E-state index in [1.165, 1.54) is 4.90 Å². The lowest BCUT2D eigenvalue weighted by Crippen LogP contribution is -2.59. The summed E-state index contributed by atoms with van der Waals surface area (Å²) in [5.41, 5.74) is 27.0. The van der Waals surface area contributed by atoms with Gasteiger partial charge in [0.05, 0.1) is 13.0 Å². The van der Waals surface area contributed by atoms with Crippen molar-refractivity contribution in [3.05, 3.63) is 0 Å². The van der Waals surface area contributed by atoms with Gasteiger partial charge in [-0.25, -0.2) is 4.79 Å². The lowest BCUT2D eigenvalue weighted by atomic mass is 10.0. The largest absolute Gasteiger partial charge is 0.481 e. The van der Waals surface area contributed by atoms with E-state index >= 15 is 0 Å². The van der Waals surface area contributed by atoms with Crippen molar-refractivity contribution >= 4 is 53.4 Å². The van der Waals surface area contributed by atoms with E-state index in [9.17, 15) is 48.9 Å². The third-order valence-corrected chi connectivity index (χ3v) is 7.84. The summed E-state index contributed by atoms with van der Waals surface area (Å²) in [5.74, 6) is -7.68. The van der Waals surface area contributed by atoms with Crippen LogP contribution in [0.3, 0.4) is 0 Å². The molecule has 0 unspecified atom stereocenters. The summed E-state index contributed by atoms with van der Waals surface area (Å²) in [6, 6.07) is -8.01. The van der Waals surface area contributed by atoms with E-state index in [4.69, 9.17) is 28.7 Å². The van der Waals surface area contributed by atoms with Crippen LogP contribution in [0.25, 0.3) is 0 Å². The van der Waals surface area contributed by atoms with Crippen LogP contribution in [0.1, 0.15) is 65.2 Å². The van der Waals surface area contributed by atoms with Gasteiger partial charge in [-0.15, -0.1) is 0 Å². The van der Waals surface area contributed by atoms with E-state index in [-0.39, 0.29) is 76.0 Å². The summed E-state index contributed by atoms with van der Waals surface area (Å²) in [6.07, 6.45) is 0.0686. The number of carboxylic acid groups (broad SMARTS) is 2. The van der Waals surface area contributed by atoms with Crippen molar-refractivity contribution in [1.29, 1.82) is 0 Å². The Bertz CT molecular complexity index is 1320. The molecule has 22 heteroatoms. The summed E-state index contributed by atoms with van der Waals surface area (Å²) >= 11 is 0. The van der Waals surface area contributed by atoms with Crippen molar-refractivity contribution in [2.75, 3.05) is 26.2 Å². The number of rotatable bonds is 23. The van der Waals surface area contributed by atoms with Gasteiger partial charge in [0, 0.05) is 19.6 Å². The molecule has 0 spiro atoms. The van der Waals surface area contributed by atoms with E-state index in [1.807, 2.05) is 0 Å². The van der Waals surface area contributed by atoms with Crippen molar-refractivity contribution < 1.29 is 48.9 Å². The van der Waals surface area contributed by atoms with E-state index in [0.29, 0.717) is 6.42 Å². The molecule has 294 valence electrons. The van der Waals surface area contributed by atoms with Gasteiger partial charge in [0.15, 0.2) is 11.9 Å².